The number of aliphatic hydroxyl groups is 1. The summed E-state index contributed by atoms with van der Waals surface area (Å²) in [6.07, 6.45) is 4.19. The minimum Gasteiger partial charge on any atom is -0.465 e. The average molecular weight is 320 g/mol. The molecule has 1 aliphatic heterocycles. The van der Waals surface area contributed by atoms with Crippen LogP contribution in [0.25, 0.3) is 0 Å². The van der Waals surface area contributed by atoms with E-state index in [-0.39, 0.29) is 24.4 Å². The van der Waals surface area contributed by atoms with Gasteiger partial charge in [-0.05, 0) is 37.2 Å². The number of thioether (sulfide) groups is 2. The van der Waals surface area contributed by atoms with E-state index in [4.69, 9.17) is 9.84 Å². The Balaban J connectivity index is 1.87. The molecule has 1 aliphatic rings. The van der Waals surface area contributed by atoms with E-state index in [9.17, 15) is 9.59 Å². The molecular weight excluding hydrogens is 296 g/mol. The number of carbonyl (C=O) groups is 2. The third-order valence-corrected chi connectivity index (χ3v) is 5.64. The van der Waals surface area contributed by atoms with Crippen LogP contribution in [-0.2, 0) is 14.3 Å². The van der Waals surface area contributed by atoms with Crippen LogP contribution in [0.2, 0.25) is 0 Å². The maximum Gasteiger partial charge on any atom is 0.309 e. The van der Waals surface area contributed by atoms with Gasteiger partial charge >= 0.3 is 5.97 Å². The van der Waals surface area contributed by atoms with Gasteiger partial charge in [-0.15, -0.1) is 0 Å². The van der Waals surface area contributed by atoms with Gasteiger partial charge in [0.1, 0.15) is 6.29 Å². The van der Waals surface area contributed by atoms with Crippen molar-refractivity contribution in [2.24, 2.45) is 11.8 Å². The lowest BCUT2D eigenvalue weighted by molar-refractivity contribution is -0.141. The van der Waals surface area contributed by atoms with Crippen molar-refractivity contribution in [3.63, 3.8) is 0 Å². The monoisotopic (exact) mass is 320 g/mol. The van der Waals surface area contributed by atoms with Gasteiger partial charge in [0.15, 0.2) is 0 Å². The highest BCUT2D eigenvalue weighted by Crippen LogP contribution is 2.21. The first kappa shape index (κ1) is 17.9. The van der Waals surface area contributed by atoms with Crippen LogP contribution in [0, 0.1) is 11.8 Å². The first-order valence-electron chi connectivity index (χ1n) is 7.16. The minimum absolute atomic E-state index is 0.00790. The summed E-state index contributed by atoms with van der Waals surface area (Å²) in [5.74, 6) is 4.25. The van der Waals surface area contributed by atoms with Crippen molar-refractivity contribution in [1.29, 1.82) is 0 Å². The number of carbonyl (C=O) groups excluding carboxylic acids is 2. The van der Waals surface area contributed by atoms with Crippen LogP contribution < -0.4 is 0 Å². The Bertz CT molecular complexity index is 286. The molecule has 1 fully saturated rings. The van der Waals surface area contributed by atoms with Gasteiger partial charge in [-0.3, -0.25) is 4.79 Å². The van der Waals surface area contributed by atoms with Crippen LogP contribution in [0.5, 0.6) is 0 Å². The van der Waals surface area contributed by atoms with Crippen molar-refractivity contribution in [1.82, 2.24) is 0 Å². The quantitative estimate of drug-likeness (QED) is 0.337. The zero-order valence-corrected chi connectivity index (χ0v) is 13.4. The number of hydrogen-bond acceptors (Lipinski definition) is 6. The molecule has 0 aromatic rings. The van der Waals surface area contributed by atoms with Crippen LogP contribution in [0.3, 0.4) is 0 Å². The second-order valence-corrected chi connectivity index (χ2v) is 7.31. The van der Waals surface area contributed by atoms with Crippen LogP contribution in [0.1, 0.15) is 25.7 Å². The summed E-state index contributed by atoms with van der Waals surface area (Å²) >= 11 is 3.73. The second-order valence-electron chi connectivity index (χ2n) is 4.86. The fourth-order valence-corrected chi connectivity index (χ4v) is 4.30. The van der Waals surface area contributed by atoms with E-state index in [0.29, 0.717) is 13.0 Å². The Labute approximate surface area is 129 Å². The lowest BCUT2D eigenvalue weighted by atomic mass is 10.1. The first-order valence-corrected chi connectivity index (χ1v) is 9.47. The molecule has 0 radical (unpaired) electrons. The summed E-state index contributed by atoms with van der Waals surface area (Å²) in [4.78, 5) is 21.9. The molecule has 0 aromatic heterocycles. The maximum absolute atomic E-state index is 11.2. The Hall–Kier alpha value is -0.200. The lowest BCUT2D eigenvalue weighted by Gasteiger charge is -2.08. The average Bonchev–Trinajstić information content (AvgIpc) is 2.86. The Morgan fingerprint density at radius 3 is 2.60 bits per heavy atom. The normalized spacial score (nSPS) is 19.9. The van der Waals surface area contributed by atoms with E-state index in [2.05, 4.69) is 0 Å². The van der Waals surface area contributed by atoms with Gasteiger partial charge in [-0.25, -0.2) is 0 Å². The molecular formula is C14H24O4S2. The number of cyclic esters (lactones) is 1. The third kappa shape index (κ3) is 7.55. The predicted molar refractivity (Wildman–Crippen MR) is 84.2 cm³/mol. The molecule has 0 bridgehead atoms. The number of rotatable bonds is 12. The molecule has 0 aliphatic carbocycles. The summed E-state index contributed by atoms with van der Waals surface area (Å²) in [6, 6.07) is 0. The van der Waals surface area contributed by atoms with Crippen LogP contribution >= 0.6 is 23.5 Å². The summed E-state index contributed by atoms with van der Waals surface area (Å²) in [5, 5.41) is 8.77. The summed E-state index contributed by atoms with van der Waals surface area (Å²) in [7, 11) is 0. The molecule has 0 saturated carbocycles. The van der Waals surface area contributed by atoms with Crippen LogP contribution in [0.15, 0.2) is 0 Å². The first-order chi connectivity index (χ1) is 9.77. The number of aldehydes is 1. The Morgan fingerprint density at radius 2 is 2.00 bits per heavy atom. The molecule has 2 unspecified atom stereocenters. The van der Waals surface area contributed by atoms with Gasteiger partial charge in [0.25, 0.3) is 0 Å². The molecule has 1 N–H and O–H groups in total. The van der Waals surface area contributed by atoms with E-state index in [1.165, 1.54) is 0 Å². The SMILES string of the molecule is O=CC(CCO)CCSCCSCCC1CCOC1=O. The number of esters is 1. The van der Waals surface area contributed by atoms with E-state index in [0.717, 1.165) is 48.6 Å². The summed E-state index contributed by atoms with van der Waals surface area (Å²) in [5.41, 5.74) is 0. The summed E-state index contributed by atoms with van der Waals surface area (Å²) in [6.45, 7) is 0.684. The molecule has 1 heterocycles. The molecule has 6 heteroatoms. The summed E-state index contributed by atoms with van der Waals surface area (Å²) < 4.78 is 4.93. The second kappa shape index (κ2) is 11.5. The molecule has 0 spiro atoms. The number of aliphatic hydroxyl groups excluding tert-OH is 1. The topological polar surface area (TPSA) is 63.6 Å². The highest BCUT2D eigenvalue weighted by molar-refractivity contribution is 8.02. The van der Waals surface area contributed by atoms with Crippen molar-refractivity contribution in [3.8, 4) is 0 Å². The van der Waals surface area contributed by atoms with Crippen molar-refractivity contribution < 1.29 is 19.4 Å². The van der Waals surface area contributed by atoms with E-state index >= 15 is 0 Å². The molecule has 4 nitrogen and oxygen atoms in total. The highest BCUT2D eigenvalue weighted by atomic mass is 32.2. The Morgan fingerprint density at radius 1 is 1.25 bits per heavy atom. The fourth-order valence-electron chi connectivity index (χ4n) is 2.03. The molecule has 2 atom stereocenters. The number of hydrogen-bond donors (Lipinski definition) is 1. The van der Waals surface area contributed by atoms with Gasteiger partial charge in [0.05, 0.1) is 12.5 Å². The molecule has 116 valence electrons. The zero-order chi connectivity index (χ0) is 14.6. The van der Waals surface area contributed by atoms with Gasteiger partial charge in [-0.1, -0.05) is 0 Å². The van der Waals surface area contributed by atoms with Crippen LogP contribution in [-0.4, -0.2) is 53.6 Å². The molecule has 1 saturated heterocycles. The standard InChI is InChI=1S/C14H24O4S2/c15-5-1-12(11-16)3-7-19-9-10-20-8-4-13-2-6-18-14(13)17/h11-13,15H,1-10H2. The minimum atomic E-state index is -0.0243. The van der Waals surface area contributed by atoms with Gasteiger partial charge in [0, 0.05) is 24.0 Å². The van der Waals surface area contributed by atoms with Gasteiger partial charge in [0.2, 0.25) is 0 Å². The molecule has 0 amide bonds. The number of ether oxygens (including phenoxy) is 1. The smallest absolute Gasteiger partial charge is 0.309 e. The fraction of sp³-hybridized carbons (Fsp3) is 0.857. The van der Waals surface area contributed by atoms with Crippen molar-refractivity contribution in [2.75, 3.05) is 36.2 Å². The van der Waals surface area contributed by atoms with Gasteiger partial charge < -0.3 is 14.6 Å². The van der Waals surface area contributed by atoms with Crippen molar-refractivity contribution in [2.45, 2.75) is 25.7 Å². The van der Waals surface area contributed by atoms with E-state index in [1.807, 2.05) is 23.5 Å². The largest absolute Gasteiger partial charge is 0.465 e. The van der Waals surface area contributed by atoms with Gasteiger partial charge in [-0.2, -0.15) is 23.5 Å². The lowest BCUT2D eigenvalue weighted by Crippen LogP contribution is -2.08. The molecule has 20 heavy (non-hydrogen) atoms. The van der Waals surface area contributed by atoms with Crippen molar-refractivity contribution in [3.05, 3.63) is 0 Å². The maximum atomic E-state index is 11.2. The molecule has 1 rings (SSSR count). The van der Waals surface area contributed by atoms with E-state index in [1.54, 1.807) is 0 Å². The molecule has 0 aromatic carbocycles. The third-order valence-electron chi connectivity index (χ3n) is 3.35. The van der Waals surface area contributed by atoms with Crippen molar-refractivity contribution >= 4 is 35.8 Å². The zero-order valence-electron chi connectivity index (χ0n) is 11.8. The van der Waals surface area contributed by atoms with Crippen LogP contribution in [0.4, 0.5) is 0 Å². The predicted octanol–water partition coefficient (Wildman–Crippen LogP) is 1.99. The van der Waals surface area contributed by atoms with E-state index < -0.39 is 0 Å². The Kier molecular flexibility index (Phi) is 10.2. The highest BCUT2D eigenvalue weighted by Gasteiger charge is 2.25.